The van der Waals surface area contributed by atoms with Crippen LogP contribution in [0.1, 0.15) is 0 Å². The Balaban J connectivity index is 1.93. The normalized spacial score (nSPS) is 13.4. The molecule has 0 aliphatic heterocycles. The number of azo groups is 1. The highest BCUT2D eigenvalue weighted by Crippen LogP contribution is 2.30. The zero-order chi connectivity index (χ0) is 17.9. The third-order valence-electron chi connectivity index (χ3n) is 3.30. The number of rotatable bonds is 5. The summed E-state index contributed by atoms with van der Waals surface area (Å²) in [6.07, 6.45) is 5.05. The molecule has 126 valence electrons. The molecule has 0 heterocycles. The summed E-state index contributed by atoms with van der Waals surface area (Å²) in [6.45, 7) is 0. The highest BCUT2D eigenvalue weighted by molar-refractivity contribution is 7.86. The quantitative estimate of drug-likeness (QED) is 0.325. The van der Waals surface area contributed by atoms with Crippen molar-refractivity contribution in [3.05, 3.63) is 72.1 Å². The van der Waals surface area contributed by atoms with Crippen LogP contribution in [0.2, 0.25) is 0 Å². The van der Waals surface area contributed by atoms with Crippen LogP contribution in [-0.2, 0) is 10.1 Å². The van der Waals surface area contributed by atoms with Gasteiger partial charge in [-0.05, 0) is 54.6 Å². The van der Waals surface area contributed by atoms with Crippen LogP contribution < -0.4 is 11.1 Å². The summed E-state index contributed by atoms with van der Waals surface area (Å²) in [5.41, 5.74) is 10.8. The molecule has 0 bridgehead atoms. The van der Waals surface area contributed by atoms with E-state index in [4.69, 9.17) is 5.73 Å². The van der Waals surface area contributed by atoms with E-state index in [0.717, 1.165) is 0 Å². The summed E-state index contributed by atoms with van der Waals surface area (Å²) in [5, 5.41) is 10.9. The first-order valence-electron chi connectivity index (χ1n) is 7.20. The zero-order valence-electron chi connectivity index (χ0n) is 12.9. The number of hydrogen-bond acceptors (Lipinski definition) is 6. The predicted molar refractivity (Wildman–Crippen MR) is 95.6 cm³/mol. The van der Waals surface area contributed by atoms with E-state index in [9.17, 15) is 13.0 Å². The van der Waals surface area contributed by atoms with Crippen molar-refractivity contribution in [1.82, 2.24) is 0 Å². The SMILES string of the molecule is Nc1ccc(Nc2ccc(N=NC3=CC=C=C3)cc2S(=O)(=O)O)cc1. The van der Waals surface area contributed by atoms with Gasteiger partial charge in [-0.15, -0.1) is 10.8 Å². The van der Waals surface area contributed by atoms with E-state index in [2.05, 4.69) is 21.3 Å². The highest BCUT2D eigenvalue weighted by atomic mass is 32.2. The average Bonchev–Trinajstić information content (AvgIpc) is 3.08. The van der Waals surface area contributed by atoms with Crippen molar-refractivity contribution in [2.24, 2.45) is 10.2 Å². The molecule has 2 aromatic rings. The number of nitrogen functional groups attached to an aromatic ring is 1. The van der Waals surface area contributed by atoms with Crippen LogP contribution >= 0.6 is 0 Å². The summed E-state index contributed by atoms with van der Waals surface area (Å²) in [5.74, 6) is 0. The molecule has 0 saturated carbocycles. The van der Waals surface area contributed by atoms with Gasteiger partial charge in [-0.25, -0.2) is 0 Å². The van der Waals surface area contributed by atoms with E-state index in [1.807, 2.05) is 0 Å². The number of benzene rings is 2. The van der Waals surface area contributed by atoms with Gasteiger partial charge in [0.05, 0.1) is 17.1 Å². The topological polar surface area (TPSA) is 117 Å². The maximum atomic E-state index is 11.7. The number of nitrogens with one attached hydrogen (secondary N) is 1. The molecule has 4 N–H and O–H groups in total. The Labute approximate surface area is 144 Å². The van der Waals surface area contributed by atoms with Crippen molar-refractivity contribution in [2.45, 2.75) is 4.90 Å². The first-order chi connectivity index (χ1) is 11.9. The van der Waals surface area contributed by atoms with Gasteiger partial charge < -0.3 is 11.1 Å². The molecule has 0 radical (unpaired) electrons. The number of nitrogens with two attached hydrogens (primary N) is 1. The van der Waals surface area contributed by atoms with Crippen molar-refractivity contribution >= 4 is 32.9 Å². The summed E-state index contributed by atoms with van der Waals surface area (Å²) < 4.78 is 32.9. The van der Waals surface area contributed by atoms with E-state index in [0.29, 0.717) is 17.1 Å². The van der Waals surface area contributed by atoms with Crippen molar-refractivity contribution in [3.8, 4) is 0 Å². The molecule has 0 aromatic heterocycles. The molecule has 2 aromatic carbocycles. The summed E-state index contributed by atoms with van der Waals surface area (Å²) in [6, 6.07) is 11.1. The lowest BCUT2D eigenvalue weighted by molar-refractivity contribution is 0.483. The third-order valence-corrected chi connectivity index (χ3v) is 4.19. The number of allylic oxidation sites excluding steroid dienone is 2. The van der Waals surface area contributed by atoms with Crippen LogP contribution in [0, 0.1) is 0 Å². The smallest absolute Gasteiger partial charge is 0.296 e. The minimum Gasteiger partial charge on any atom is -0.399 e. The average molecular weight is 354 g/mol. The molecule has 0 atom stereocenters. The maximum absolute atomic E-state index is 11.7. The van der Waals surface area contributed by atoms with Gasteiger partial charge in [-0.1, -0.05) is 0 Å². The standard InChI is InChI=1S/C17H14N4O3S/c18-12-5-7-13(8-6-12)19-16-10-9-15(11-17(16)25(22,23)24)21-20-14-3-1-2-4-14/h1,3-11,19H,18H2,(H,22,23,24). The van der Waals surface area contributed by atoms with Gasteiger partial charge in [-0.3, -0.25) is 4.55 Å². The van der Waals surface area contributed by atoms with E-state index in [1.54, 1.807) is 48.6 Å². The molecule has 0 fully saturated rings. The van der Waals surface area contributed by atoms with Crippen LogP contribution in [0.4, 0.5) is 22.7 Å². The first kappa shape index (κ1) is 16.7. The van der Waals surface area contributed by atoms with Crippen LogP contribution in [0.15, 0.2) is 87.2 Å². The Morgan fingerprint density at radius 3 is 2.48 bits per heavy atom. The molecule has 1 aliphatic rings. The van der Waals surface area contributed by atoms with Crippen molar-refractivity contribution in [1.29, 1.82) is 0 Å². The van der Waals surface area contributed by atoms with Gasteiger partial charge in [-0.2, -0.15) is 13.5 Å². The second-order valence-corrected chi connectivity index (χ2v) is 6.56. The molecule has 1 aliphatic carbocycles. The Bertz CT molecular complexity index is 1030. The highest BCUT2D eigenvalue weighted by Gasteiger charge is 2.16. The Hall–Kier alpha value is -3.19. The minimum atomic E-state index is -4.45. The molecule has 3 rings (SSSR count). The van der Waals surface area contributed by atoms with Gasteiger partial charge in [0.25, 0.3) is 10.1 Å². The Kier molecular flexibility index (Phi) is 4.49. The minimum absolute atomic E-state index is 0.216. The second kappa shape index (κ2) is 6.74. The monoisotopic (exact) mass is 354 g/mol. The van der Waals surface area contributed by atoms with E-state index in [1.165, 1.54) is 12.1 Å². The van der Waals surface area contributed by atoms with Crippen LogP contribution in [0.5, 0.6) is 0 Å². The largest absolute Gasteiger partial charge is 0.399 e. The predicted octanol–water partition coefficient (Wildman–Crippen LogP) is 3.95. The van der Waals surface area contributed by atoms with E-state index >= 15 is 0 Å². The van der Waals surface area contributed by atoms with Crippen molar-refractivity contribution < 1.29 is 13.0 Å². The second-order valence-electron chi connectivity index (χ2n) is 5.17. The molecule has 8 heteroatoms. The van der Waals surface area contributed by atoms with Gasteiger partial charge in [0, 0.05) is 17.5 Å². The molecule has 7 nitrogen and oxygen atoms in total. The fourth-order valence-electron chi connectivity index (χ4n) is 2.10. The number of nitrogens with zero attached hydrogens (tertiary/aromatic N) is 2. The lowest BCUT2D eigenvalue weighted by atomic mass is 10.2. The number of anilines is 3. The summed E-state index contributed by atoms with van der Waals surface area (Å²) >= 11 is 0. The van der Waals surface area contributed by atoms with Crippen LogP contribution in [-0.4, -0.2) is 13.0 Å². The van der Waals surface area contributed by atoms with Gasteiger partial charge in [0.1, 0.15) is 4.90 Å². The van der Waals surface area contributed by atoms with Gasteiger partial charge >= 0.3 is 0 Å². The lowest BCUT2D eigenvalue weighted by Crippen LogP contribution is -2.03. The van der Waals surface area contributed by atoms with E-state index in [-0.39, 0.29) is 16.3 Å². The maximum Gasteiger partial charge on any atom is 0.296 e. The Morgan fingerprint density at radius 1 is 1.08 bits per heavy atom. The van der Waals surface area contributed by atoms with Crippen LogP contribution in [0.3, 0.4) is 0 Å². The summed E-state index contributed by atoms with van der Waals surface area (Å²) in [4.78, 5) is -0.296. The van der Waals surface area contributed by atoms with Crippen LogP contribution in [0.25, 0.3) is 0 Å². The fourth-order valence-corrected chi connectivity index (χ4v) is 2.77. The lowest BCUT2D eigenvalue weighted by Gasteiger charge is -2.11. The van der Waals surface area contributed by atoms with Gasteiger partial charge in [0.2, 0.25) is 0 Å². The van der Waals surface area contributed by atoms with Gasteiger partial charge in [0.15, 0.2) is 0 Å². The summed E-state index contributed by atoms with van der Waals surface area (Å²) in [7, 11) is -4.45. The molecular weight excluding hydrogens is 340 g/mol. The molecular formula is C17H14N4O3S. The van der Waals surface area contributed by atoms with E-state index < -0.39 is 10.1 Å². The number of hydrogen-bond donors (Lipinski definition) is 3. The molecule has 25 heavy (non-hydrogen) atoms. The molecule has 0 spiro atoms. The Morgan fingerprint density at radius 2 is 1.84 bits per heavy atom. The fraction of sp³-hybridized carbons (Fsp3) is 0. The molecule has 0 saturated heterocycles. The molecule has 0 unspecified atom stereocenters. The molecule has 0 amide bonds. The van der Waals surface area contributed by atoms with Crippen molar-refractivity contribution in [3.63, 3.8) is 0 Å². The zero-order valence-corrected chi connectivity index (χ0v) is 13.7. The third kappa shape index (κ3) is 4.21. The first-order valence-corrected chi connectivity index (χ1v) is 8.64. The van der Waals surface area contributed by atoms with Crippen molar-refractivity contribution in [2.75, 3.05) is 11.1 Å².